The van der Waals surface area contributed by atoms with Crippen molar-refractivity contribution in [3.63, 3.8) is 0 Å². The van der Waals surface area contributed by atoms with Crippen LogP contribution in [0.4, 0.5) is 0 Å². The molecule has 2 aromatic carbocycles. The van der Waals surface area contributed by atoms with Crippen molar-refractivity contribution in [2.45, 2.75) is 34.5 Å². The summed E-state index contributed by atoms with van der Waals surface area (Å²) in [4.78, 5) is 41.5. The van der Waals surface area contributed by atoms with E-state index in [1.54, 1.807) is 31.4 Å². The molecule has 0 radical (unpaired) electrons. The summed E-state index contributed by atoms with van der Waals surface area (Å²) < 4.78 is 15.5. The largest absolute Gasteiger partial charge is 0.497 e. The second-order valence-electron chi connectivity index (χ2n) is 8.56. The fourth-order valence-electron chi connectivity index (χ4n) is 4.07. The lowest BCUT2D eigenvalue weighted by Crippen LogP contribution is -2.70. The van der Waals surface area contributed by atoms with Gasteiger partial charge in [0.1, 0.15) is 39.4 Å². The molecule has 0 saturated carbocycles. The maximum Gasteiger partial charge on any atom is 0.356 e. The van der Waals surface area contributed by atoms with Gasteiger partial charge in [0.05, 0.1) is 19.4 Å². The third kappa shape index (κ3) is 6.08. The van der Waals surface area contributed by atoms with Gasteiger partial charge in [0.15, 0.2) is 0 Å². The van der Waals surface area contributed by atoms with Crippen LogP contribution in [0.15, 0.2) is 69.4 Å². The highest BCUT2D eigenvalue weighted by Gasteiger charge is 2.54. The topological polar surface area (TPSA) is 111 Å². The van der Waals surface area contributed by atoms with Crippen molar-refractivity contribution in [2.24, 2.45) is 0 Å². The van der Waals surface area contributed by atoms with E-state index in [2.05, 4.69) is 14.9 Å². The summed E-state index contributed by atoms with van der Waals surface area (Å²) in [5, 5.41) is 6.46. The minimum Gasteiger partial charge on any atom is -0.497 e. The Morgan fingerprint density at radius 2 is 1.92 bits per heavy atom. The fourth-order valence-corrected chi connectivity index (χ4v) is 7.77. The standard InChI is InChI=1S/C26H23ClN4O5S3/c1-35-17-9-7-16(8-10-17)13-36-25(34)22-19(38-26-18(12-27)29-30-39-26)14-37-24-21(23(33)31(22)24)28-20(32)11-15-5-3-2-4-6-15/h2-10,21,24H,11-14H2,1H3,(H,28,32)/t21-,24-/m1/s1. The van der Waals surface area contributed by atoms with Crippen LogP contribution < -0.4 is 10.1 Å². The summed E-state index contributed by atoms with van der Waals surface area (Å²) in [5.74, 6) is 0.0798. The number of β-lactam (4-membered cyclic amide) rings is 1. The number of halogens is 1. The number of hydrogen-bond acceptors (Lipinski definition) is 10. The van der Waals surface area contributed by atoms with Gasteiger partial charge in [0.25, 0.3) is 5.91 Å². The molecule has 39 heavy (non-hydrogen) atoms. The quantitative estimate of drug-likeness (QED) is 0.209. The van der Waals surface area contributed by atoms with Crippen LogP contribution in [-0.2, 0) is 38.0 Å². The predicted molar refractivity (Wildman–Crippen MR) is 150 cm³/mol. The predicted octanol–water partition coefficient (Wildman–Crippen LogP) is 3.98. The molecule has 1 saturated heterocycles. The Morgan fingerprint density at radius 3 is 2.64 bits per heavy atom. The molecule has 1 N–H and O–H groups in total. The number of hydrogen-bond donors (Lipinski definition) is 1. The highest BCUT2D eigenvalue weighted by atomic mass is 35.5. The van der Waals surface area contributed by atoms with Crippen LogP contribution >= 0.6 is 46.7 Å². The first kappa shape index (κ1) is 27.5. The van der Waals surface area contributed by atoms with Crippen molar-refractivity contribution in [3.8, 4) is 5.75 Å². The van der Waals surface area contributed by atoms with Crippen LogP contribution in [0, 0.1) is 0 Å². The smallest absolute Gasteiger partial charge is 0.356 e. The Kier molecular flexibility index (Phi) is 8.75. The Morgan fingerprint density at radius 1 is 1.15 bits per heavy atom. The number of carbonyl (C=O) groups excluding carboxylic acids is 3. The molecule has 1 fully saturated rings. The first-order chi connectivity index (χ1) is 19.0. The third-order valence-corrected chi connectivity index (χ3v) is 9.80. The van der Waals surface area contributed by atoms with E-state index in [-0.39, 0.29) is 36.4 Å². The van der Waals surface area contributed by atoms with Crippen molar-refractivity contribution in [1.29, 1.82) is 0 Å². The normalized spacial score (nSPS) is 18.3. The minimum atomic E-state index is -0.731. The first-order valence-corrected chi connectivity index (χ1v) is 15.0. The fraction of sp³-hybridized carbons (Fsp3) is 0.269. The van der Waals surface area contributed by atoms with E-state index in [0.717, 1.165) is 15.3 Å². The van der Waals surface area contributed by atoms with E-state index in [4.69, 9.17) is 21.1 Å². The van der Waals surface area contributed by atoms with Crippen molar-refractivity contribution >= 4 is 64.4 Å². The van der Waals surface area contributed by atoms with E-state index in [9.17, 15) is 14.4 Å². The molecule has 3 aromatic rings. The first-order valence-electron chi connectivity index (χ1n) is 11.8. The van der Waals surface area contributed by atoms with Gasteiger partial charge in [-0.05, 0) is 34.8 Å². The average molecular weight is 603 g/mol. The van der Waals surface area contributed by atoms with E-state index in [1.165, 1.54) is 40.0 Å². The molecule has 13 heteroatoms. The molecule has 5 rings (SSSR count). The molecule has 0 bridgehead atoms. The van der Waals surface area contributed by atoms with Gasteiger partial charge in [-0.2, -0.15) is 0 Å². The summed E-state index contributed by atoms with van der Waals surface area (Å²) >= 11 is 9.97. The highest BCUT2D eigenvalue weighted by Crippen LogP contribution is 2.46. The van der Waals surface area contributed by atoms with E-state index in [0.29, 0.717) is 22.1 Å². The van der Waals surface area contributed by atoms with Gasteiger partial charge in [-0.1, -0.05) is 58.7 Å². The number of aromatic nitrogens is 2. The summed E-state index contributed by atoms with van der Waals surface area (Å²) in [7, 11) is 1.58. The zero-order chi connectivity index (χ0) is 27.4. The molecule has 2 aliphatic rings. The summed E-state index contributed by atoms with van der Waals surface area (Å²) in [6.45, 7) is 0.0242. The number of alkyl halides is 1. The number of rotatable bonds is 10. The molecule has 2 atom stereocenters. The number of esters is 1. The van der Waals surface area contributed by atoms with Crippen LogP contribution in [0.2, 0.25) is 0 Å². The second-order valence-corrected chi connectivity index (χ2v) is 12.0. The number of fused-ring (bicyclic) bond motifs is 1. The Balaban J connectivity index is 1.34. The van der Waals surface area contributed by atoms with E-state index in [1.807, 2.05) is 30.3 Å². The van der Waals surface area contributed by atoms with Crippen molar-refractivity contribution in [3.05, 3.63) is 82.0 Å². The molecule has 0 spiro atoms. The molecule has 2 aliphatic heterocycles. The lowest BCUT2D eigenvalue weighted by Gasteiger charge is -2.49. The van der Waals surface area contributed by atoms with Crippen LogP contribution in [0.3, 0.4) is 0 Å². The molecular weight excluding hydrogens is 580 g/mol. The highest BCUT2D eigenvalue weighted by molar-refractivity contribution is 8.07. The zero-order valence-corrected chi connectivity index (χ0v) is 23.9. The molecule has 3 heterocycles. The number of nitrogens with one attached hydrogen (secondary N) is 1. The van der Waals surface area contributed by atoms with Crippen molar-refractivity contribution in [2.75, 3.05) is 12.9 Å². The number of thioether (sulfide) groups is 2. The van der Waals surface area contributed by atoms with Gasteiger partial charge in [-0.15, -0.1) is 28.5 Å². The van der Waals surface area contributed by atoms with Gasteiger partial charge in [-0.25, -0.2) is 4.79 Å². The molecule has 202 valence electrons. The summed E-state index contributed by atoms with van der Waals surface area (Å²) in [6, 6.07) is 15.8. The molecule has 1 aromatic heterocycles. The van der Waals surface area contributed by atoms with E-state index >= 15 is 0 Å². The number of carbonyl (C=O) groups is 3. The number of methoxy groups -OCH3 is 1. The molecule has 0 aliphatic carbocycles. The number of ether oxygens (including phenoxy) is 2. The van der Waals surface area contributed by atoms with Crippen LogP contribution in [0.1, 0.15) is 16.8 Å². The monoisotopic (exact) mass is 602 g/mol. The van der Waals surface area contributed by atoms with Gasteiger partial charge >= 0.3 is 5.97 Å². The summed E-state index contributed by atoms with van der Waals surface area (Å²) in [5.41, 5.74) is 2.41. The Hall–Kier alpha value is -3.06. The third-order valence-electron chi connectivity index (χ3n) is 6.04. The number of nitrogens with zero attached hydrogens (tertiary/aromatic N) is 3. The Labute approximate surface area is 242 Å². The molecule has 2 amide bonds. The summed E-state index contributed by atoms with van der Waals surface area (Å²) in [6.07, 6.45) is 0.162. The SMILES string of the molecule is COc1ccc(COC(=O)C2=C(Sc3snnc3CCl)CS[C@@H]3[C@H](NC(=O)Cc4ccccc4)C(=O)N23)cc1. The number of amides is 2. The molecule has 0 unspecified atom stereocenters. The van der Waals surface area contributed by atoms with Crippen LogP contribution in [0.5, 0.6) is 5.75 Å². The minimum absolute atomic E-state index is 0.0242. The second kappa shape index (κ2) is 12.4. The Bertz CT molecular complexity index is 1400. The van der Waals surface area contributed by atoms with Crippen molar-refractivity contribution in [1.82, 2.24) is 19.8 Å². The lowest BCUT2D eigenvalue weighted by atomic mass is 10.0. The van der Waals surface area contributed by atoms with Crippen LogP contribution in [-0.4, -0.2) is 56.5 Å². The van der Waals surface area contributed by atoms with Crippen molar-refractivity contribution < 1.29 is 23.9 Å². The molecule has 9 nitrogen and oxygen atoms in total. The van der Waals surface area contributed by atoms with Crippen LogP contribution in [0.25, 0.3) is 0 Å². The number of benzene rings is 2. The van der Waals surface area contributed by atoms with Gasteiger partial charge in [0, 0.05) is 10.7 Å². The lowest BCUT2D eigenvalue weighted by molar-refractivity contribution is -0.153. The maximum atomic E-state index is 13.4. The van der Waals surface area contributed by atoms with Gasteiger partial charge in [-0.3, -0.25) is 14.5 Å². The van der Waals surface area contributed by atoms with E-state index < -0.39 is 17.4 Å². The maximum absolute atomic E-state index is 13.4. The molecular formula is C26H23ClN4O5S3. The van der Waals surface area contributed by atoms with Gasteiger partial charge < -0.3 is 14.8 Å². The average Bonchev–Trinajstić information content (AvgIpc) is 3.42. The zero-order valence-electron chi connectivity index (χ0n) is 20.7. The van der Waals surface area contributed by atoms with Gasteiger partial charge in [0.2, 0.25) is 5.91 Å².